The van der Waals surface area contributed by atoms with Crippen LogP contribution in [0.5, 0.6) is 11.5 Å². The van der Waals surface area contributed by atoms with Crippen molar-refractivity contribution in [3.63, 3.8) is 0 Å². The molecule has 0 atom stereocenters. The minimum Gasteiger partial charge on any atom is -0.496 e. The molecule has 1 aromatic carbocycles. The SMILES string of the molecule is COc1ccc2c(OC)ccnc2c1C. The van der Waals surface area contributed by atoms with Crippen LogP contribution in [0, 0.1) is 6.92 Å². The Hall–Kier alpha value is -1.77. The lowest BCUT2D eigenvalue weighted by Crippen LogP contribution is -1.92. The fraction of sp³-hybridized carbons (Fsp3) is 0.250. The molecular formula is C12H13NO2. The highest BCUT2D eigenvalue weighted by atomic mass is 16.5. The molecule has 0 aliphatic rings. The van der Waals surface area contributed by atoms with Crippen molar-refractivity contribution in [2.24, 2.45) is 0 Å². The molecule has 2 rings (SSSR count). The highest BCUT2D eigenvalue weighted by Crippen LogP contribution is 2.30. The summed E-state index contributed by atoms with van der Waals surface area (Å²) in [6, 6.07) is 5.75. The van der Waals surface area contributed by atoms with Gasteiger partial charge in [0.15, 0.2) is 0 Å². The molecule has 0 amide bonds. The summed E-state index contributed by atoms with van der Waals surface area (Å²) in [5.41, 5.74) is 1.96. The van der Waals surface area contributed by atoms with Gasteiger partial charge < -0.3 is 9.47 Å². The van der Waals surface area contributed by atoms with Crippen molar-refractivity contribution >= 4 is 10.9 Å². The van der Waals surface area contributed by atoms with E-state index in [4.69, 9.17) is 9.47 Å². The Morgan fingerprint density at radius 3 is 2.40 bits per heavy atom. The van der Waals surface area contributed by atoms with Crippen molar-refractivity contribution in [1.82, 2.24) is 4.98 Å². The summed E-state index contributed by atoms with van der Waals surface area (Å²) >= 11 is 0. The fourth-order valence-electron chi connectivity index (χ4n) is 1.72. The molecule has 0 radical (unpaired) electrons. The number of hydrogen-bond acceptors (Lipinski definition) is 3. The summed E-state index contributed by atoms with van der Waals surface area (Å²) in [6.45, 7) is 1.99. The van der Waals surface area contributed by atoms with E-state index in [1.54, 1.807) is 20.4 Å². The first kappa shape index (κ1) is 9.77. The maximum atomic E-state index is 5.28. The van der Waals surface area contributed by atoms with Crippen molar-refractivity contribution in [2.75, 3.05) is 14.2 Å². The van der Waals surface area contributed by atoms with Gasteiger partial charge in [-0.05, 0) is 25.1 Å². The van der Waals surface area contributed by atoms with Gasteiger partial charge in [-0.1, -0.05) is 0 Å². The number of aromatic nitrogens is 1. The van der Waals surface area contributed by atoms with E-state index < -0.39 is 0 Å². The Labute approximate surface area is 88.7 Å². The topological polar surface area (TPSA) is 31.4 Å². The lowest BCUT2D eigenvalue weighted by molar-refractivity contribution is 0.411. The molecule has 1 heterocycles. The zero-order valence-corrected chi connectivity index (χ0v) is 9.07. The van der Waals surface area contributed by atoms with E-state index in [0.29, 0.717) is 0 Å². The van der Waals surface area contributed by atoms with Crippen molar-refractivity contribution in [3.05, 3.63) is 30.0 Å². The monoisotopic (exact) mass is 203 g/mol. The average Bonchev–Trinajstić information content (AvgIpc) is 2.29. The van der Waals surface area contributed by atoms with Crippen LogP contribution >= 0.6 is 0 Å². The molecule has 2 aromatic rings. The second-order valence-electron chi connectivity index (χ2n) is 3.30. The van der Waals surface area contributed by atoms with Gasteiger partial charge in [-0.25, -0.2) is 0 Å². The third kappa shape index (κ3) is 1.50. The number of ether oxygens (including phenoxy) is 2. The van der Waals surface area contributed by atoms with Crippen LogP contribution in [0.1, 0.15) is 5.56 Å². The van der Waals surface area contributed by atoms with Crippen LogP contribution in [0.25, 0.3) is 10.9 Å². The Kier molecular flexibility index (Phi) is 2.46. The Balaban J connectivity index is 2.78. The van der Waals surface area contributed by atoms with E-state index in [9.17, 15) is 0 Å². The van der Waals surface area contributed by atoms with Crippen molar-refractivity contribution in [1.29, 1.82) is 0 Å². The maximum absolute atomic E-state index is 5.28. The van der Waals surface area contributed by atoms with Crippen LogP contribution in [0.2, 0.25) is 0 Å². The number of aryl methyl sites for hydroxylation is 1. The van der Waals surface area contributed by atoms with Crippen molar-refractivity contribution < 1.29 is 9.47 Å². The summed E-state index contributed by atoms with van der Waals surface area (Å²) in [4.78, 5) is 4.34. The summed E-state index contributed by atoms with van der Waals surface area (Å²) in [6.07, 6.45) is 1.74. The molecule has 0 saturated carbocycles. The zero-order valence-electron chi connectivity index (χ0n) is 9.07. The van der Waals surface area contributed by atoms with Gasteiger partial charge in [0.1, 0.15) is 11.5 Å². The second-order valence-corrected chi connectivity index (χ2v) is 3.30. The highest BCUT2D eigenvalue weighted by Gasteiger charge is 2.07. The lowest BCUT2D eigenvalue weighted by Gasteiger charge is -2.09. The standard InChI is InChI=1S/C12H13NO2/c1-8-10(14-2)5-4-9-11(15-3)6-7-13-12(8)9/h4-7H,1-3H3. The maximum Gasteiger partial charge on any atom is 0.129 e. The molecule has 0 unspecified atom stereocenters. The Bertz CT molecular complexity index is 494. The van der Waals surface area contributed by atoms with E-state index in [0.717, 1.165) is 28.0 Å². The predicted octanol–water partition coefficient (Wildman–Crippen LogP) is 2.56. The van der Waals surface area contributed by atoms with Gasteiger partial charge in [0.05, 0.1) is 19.7 Å². The molecule has 1 aromatic heterocycles. The molecule has 3 nitrogen and oxygen atoms in total. The van der Waals surface area contributed by atoms with Gasteiger partial charge in [0.25, 0.3) is 0 Å². The minimum atomic E-state index is 0.839. The fourth-order valence-corrected chi connectivity index (χ4v) is 1.72. The zero-order chi connectivity index (χ0) is 10.8. The number of nitrogens with zero attached hydrogens (tertiary/aromatic N) is 1. The number of rotatable bonds is 2. The molecule has 3 heteroatoms. The van der Waals surface area contributed by atoms with Gasteiger partial charge in [-0.15, -0.1) is 0 Å². The third-order valence-electron chi connectivity index (χ3n) is 2.52. The minimum absolute atomic E-state index is 0.839. The normalized spacial score (nSPS) is 10.3. The van der Waals surface area contributed by atoms with E-state index in [2.05, 4.69) is 4.98 Å². The molecule has 0 N–H and O–H groups in total. The van der Waals surface area contributed by atoms with Gasteiger partial charge in [-0.3, -0.25) is 4.98 Å². The van der Waals surface area contributed by atoms with Crippen LogP contribution in [0.3, 0.4) is 0 Å². The molecule has 15 heavy (non-hydrogen) atoms. The molecule has 78 valence electrons. The molecule has 0 aliphatic carbocycles. The quantitative estimate of drug-likeness (QED) is 0.751. The largest absolute Gasteiger partial charge is 0.496 e. The smallest absolute Gasteiger partial charge is 0.129 e. The molecule has 0 fully saturated rings. The van der Waals surface area contributed by atoms with E-state index in [-0.39, 0.29) is 0 Å². The molecular weight excluding hydrogens is 190 g/mol. The second kappa shape index (κ2) is 3.77. The highest BCUT2D eigenvalue weighted by molar-refractivity contribution is 5.88. The Morgan fingerprint density at radius 2 is 1.73 bits per heavy atom. The van der Waals surface area contributed by atoms with Crippen molar-refractivity contribution in [2.45, 2.75) is 6.92 Å². The van der Waals surface area contributed by atoms with Crippen LogP contribution < -0.4 is 9.47 Å². The molecule has 0 saturated heterocycles. The van der Waals surface area contributed by atoms with Crippen LogP contribution in [-0.2, 0) is 0 Å². The van der Waals surface area contributed by atoms with Gasteiger partial charge in [0, 0.05) is 17.1 Å². The number of benzene rings is 1. The lowest BCUT2D eigenvalue weighted by atomic mass is 10.1. The van der Waals surface area contributed by atoms with E-state index >= 15 is 0 Å². The number of hydrogen-bond donors (Lipinski definition) is 0. The first-order chi connectivity index (χ1) is 7.27. The van der Waals surface area contributed by atoms with Gasteiger partial charge in [-0.2, -0.15) is 0 Å². The molecule has 0 spiro atoms. The van der Waals surface area contributed by atoms with Crippen LogP contribution in [-0.4, -0.2) is 19.2 Å². The first-order valence-electron chi connectivity index (χ1n) is 4.74. The van der Waals surface area contributed by atoms with E-state index in [1.165, 1.54) is 0 Å². The van der Waals surface area contributed by atoms with Gasteiger partial charge in [0.2, 0.25) is 0 Å². The molecule has 0 bridgehead atoms. The summed E-state index contributed by atoms with van der Waals surface area (Å²) < 4.78 is 10.5. The summed E-state index contributed by atoms with van der Waals surface area (Å²) in [5, 5.41) is 1.01. The van der Waals surface area contributed by atoms with Crippen LogP contribution in [0.15, 0.2) is 24.4 Å². The number of fused-ring (bicyclic) bond motifs is 1. The van der Waals surface area contributed by atoms with Crippen molar-refractivity contribution in [3.8, 4) is 11.5 Å². The van der Waals surface area contributed by atoms with Gasteiger partial charge >= 0.3 is 0 Å². The van der Waals surface area contributed by atoms with Crippen LogP contribution in [0.4, 0.5) is 0 Å². The third-order valence-corrected chi connectivity index (χ3v) is 2.52. The molecule has 0 aliphatic heterocycles. The average molecular weight is 203 g/mol. The summed E-state index contributed by atoms with van der Waals surface area (Å²) in [5.74, 6) is 1.69. The van der Waals surface area contributed by atoms with E-state index in [1.807, 2.05) is 25.1 Å². The first-order valence-corrected chi connectivity index (χ1v) is 4.74. The predicted molar refractivity (Wildman–Crippen MR) is 59.6 cm³/mol. The summed E-state index contributed by atoms with van der Waals surface area (Å²) in [7, 11) is 3.32. The number of methoxy groups -OCH3 is 2. The Morgan fingerprint density at radius 1 is 1.00 bits per heavy atom. The number of pyridine rings is 1.